The maximum absolute atomic E-state index is 12.3. The summed E-state index contributed by atoms with van der Waals surface area (Å²) in [6.45, 7) is 12.1. The smallest absolute Gasteiger partial charge is 0.334 e. The normalized spacial score (nSPS) is 47.8. The monoisotopic (exact) mass is 348 g/mol. The molecule has 0 aromatic heterocycles. The lowest BCUT2D eigenvalue weighted by atomic mass is 9.74. The molecule has 3 aliphatic heterocycles. The van der Waals surface area contributed by atoms with Crippen molar-refractivity contribution in [1.29, 1.82) is 0 Å². The van der Waals surface area contributed by atoms with Crippen molar-refractivity contribution >= 4 is 5.97 Å². The fourth-order valence-corrected chi connectivity index (χ4v) is 4.62. The molecular weight excluding hydrogens is 316 g/mol. The number of carbonyl (C=O) groups is 1. The molecule has 4 nitrogen and oxygen atoms in total. The van der Waals surface area contributed by atoms with Crippen molar-refractivity contribution in [3.05, 3.63) is 23.8 Å². The zero-order chi connectivity index (χ0) is 18.4. The third-order valence-corrected chi connectivity index (χ3v) is 6.73. The van der Waals surface area contributed by atoms with Gasteiger partial charge >= 0.3 is 5.97 Å². The molecule has 0 saturated carbocycles. The van der Waals surface area contributed by atoms with Crippen molar-refractivity contribution in [2.24, 2.45) is 11.8 Å². The van der Waals surface area contributed by atoms with Gasteiger partial charge in [-0.15, -0.1) is 0 Å². The third-order valence-electron chi connectivity index (χ3n) is 6.73. The maximum atomic E-state index is 12.3. The molecule has 140 valence electrons. The van der Waals surface area contributed by atoms with Crippen molar-refractivity contribution in [2.75, 3.05) is 0 Å². The first kappa shape index (κ1) is 18.7. The standard InChI is InChI=1S/C21H32O4/c1-13-8-6-10-14(2)17-18-16(15(3)19(22)24-17)12-21(5,25-18)20(4,23)11-7-9-13/h8,14,16-18,23H,3,6-7,9-12H2,1-2,4-5H3/b13-8-/t14-,16-,17-,18+,20+,21-/m0/s1. The van der Waals surface area contributed by atoms with Crippen LogP contribution in [0.3, 0.4) is 0 Å². The fourth-order valence-electron chi connectivity index (χ4n) is 4.62. The number of hydrogen-bond donors (Lipinski definition) is 1. The highest BCUT2D eigenvalue weighted by molar-refractivity contribution is 5.89. The summed E-state index contributed by atoms with van der Waals surface area (Å²) < 4.78 is 12.2. The molecule has 3 rings (SSSR count). The summed E-state index contributed by atoms with van der Waals surface area (Å²) in [6, 6.07) is 0. The van der Waals surface area contributed by atoms with Crippen LogP contribution < -0.4 is 0 Å². The van der Waals surface area contributed by atoms with Gasteiger partial charge in [-0.05, 0) is 65.2 Å². The number of allylic oxidation sites excluding steroid dienone is 2. The quantitative estimate of drug-likeness (QED) is 0.409. The second kappa shape index (κ2) is 6.55. The van der Waals surface area contributed by atoms with Gasteiger partial charge in [0.25, 0.3) is 0 Å². The Balaban J connectivity index is 1.96. The van der Waals surface area contributed by atoms with Crippen LogP contribution >= 0.6 is 0 Å². The lowest BCUT2D eigenvalue weighted by Crippen LogP contribution is -2.51. The van der Waals surface area contributed by atoms with Gasteiger partial charge in [-0.25, -0.2) is 4.79 Å². The number of rotatable bonds is 0. The Labute approximate surface area is 151 Å². The Hall–Kier alpha value is -1.13. The van der Waals surface area contributed by atoms with Gasteiger partial charge in [0.2, 0.25) is 0 Å². The molecule has 0 aromatic carbocycles. The van der Waals surface area contributed by atoms with Crippen LogP contribution in [0.4, 0.5) is 0 Å². The van der Waals surface area contributed by atoms with Crippen LogP contribution in [0.15, 0.2) is 23.8 Å². The number of hydrogen-bond acceptors (Lipinski definition) is 4. The molecule has 3 aliphatic rings. The lowest BCUT2D eigenvalue weighted by molar-refractivity contribution is -0.197. The van der Waals surface area contributed by atoms with E-state index in [-0.39, 0.29) is 30.0 Å². The molecule has 1 N–H and O–H groups in total. The summed E-state index contributed by atoms with van der Waals surface area (Å²) in [6.07, 6.45) is 6.97. The van der Waals surface area contributed by atoms with Gasteiger partial charge < -0.3 is 14.6 Å². The van der Waals surface area contributed by atoms with Crippen LogP contribution in [0.5, 0.6) is 0 Å². The topological polar surface area (TPSA) is 55.8 Å². The van der Waals surface area contributed by atoms with E-state index in [0.29, 0.717) is 18.4 Å². The Kier molecular flexibility index (Phi) is 4.89. The fraction of sp³-hybridized carbons (Fsp3) is 0.762. The second-order valence-corrected chi connectivity index (χ2v) is 8.75. The highest BCUT2D eigenvalue weighted by Crippen LogP contribution is 2.50. The molecule has 2 bridgehead atoms. The van der Waals surface area contributed by atoms with Gasteiger partial charge in [0, 0.05) is 11.5 Å². The summed E-state index contributed by atoms with van der Waals surface area (Å²) in [7, 11) is 0. The minimum absolute atomic E-state index is 0.0645. The predicted octanol–water partition coefficient (Wildman–Crippen LogP) is 3.93. The predicted molar refractivity (Wildman–Crippen MR) is 97.0 cm³/mol. The molecule has 0 radical (unpaired) electrons. The first-order valence-corrected chi connectivity index (χ1v) is 9.60. The van der Waals surface area contributed by atoms with Gasteiger partial charge in [0.1, 0.15) is 12.2 Å². The van der Waals surface area contributed by atoms with Crippen LogP contribution in [0.2, 0.25) is 0 Å². The van der Waals surface area contributed by atoms with Gasteiger partial charge in [-0.3, -0.25) is 0 Å². The maximum Gasteiger partial charge on any atom is 0.334 e. The van der Waals surface area contributed by atoms with Crippen LogP contribution in [0.1, 0.15) is 66.2 Å². The number of aliphatic hydroxyl groups is 1. The minimum Gasteiger partial charge on any atom is -0.456 e. The molecule has 25 heavy (non-hydrogen) atoms. The van der Waals surface area contributed by atoms with Gasteiger partial charge in [-0.1, -0.05) is 25.2 Å². The van der Waals surface area contributed by atoms with E-state index in [0.717, 1.165) is 25.7 Å². The summed E-state index contributed by atoms with van der Waals surface area (Å²) in [4.78, 5) is 12.3. The molecule has 0 aromatic rings. The van der Waals surface area contributed by atoms with Crippen LogP contribution in [-0.2, 0) is 14.3 Å². The molecule has 0 unspecified atom stereocenters. The average Bonchev–Trinajstić information content (AvgIpc) is 2.90. The van der Waals surface area contributed by atoms with Crippen molar-refractivity contribution in [3.8, 4) is 0 Å². The molecule has 2 saturated heterocycles. The van der Waals surface area contributed by atoms with Gasteiger partial charge in [0.15, 0.2) is 0 Å². The highest BCUT2D eigenvalue weighted by atomic mass is 16.6. The Morgan fingerprint density at radius 3 is 2.76 bits per heavy atom. The summed E-state index contributed by atoms with van der Waals surface area (Å²) in [5.41, 5.74) is 0.222. The Morgan fingerprint density at radius 2 is 2.04 bits per heavy atom. The summed E-state index contributed by atoms with van der Waals surface area (Å²) in [5, 5.41) is 11.2. The van der Waals surface area contributed by atoms with Crippen molar-refractivity contribution in [2.45, 2.75) is 89.6 Å². The van der Waals surface area contributed by atoms with Crippen LogP contribution in [0, 0.1) is 11.8 Å². The highest BCUT2D eigenvalue weighted by Gasteiger charge is 2.59. The Bertz CT molecular complexity index is 591. The minimum atomic E-state index is -0.949. The number of ether oxygens (including phenoxy) is 2. The van der Waals surface area contributed by atoms with Gasteiger partial charge in [0.05, 0.1) is 11.2 Å². The van der Waals surface area contributed by atoms with E-state index in [2.05, 4.69) is 26.5 Å². The third kappa shape index (κ3) is 3.31. The number of esters is 1. The molecular formula is C21H32O4. The molecule has 6 atom stereocenters. The van der Waals surface area contributed by atoms with Crippen LogP contribution in [0.25, 0.3) is 0 Å². The summed E-state index contributed by atoms with van der Waals surface area (Å²) in [5.74, 6) is -0.156. The van der Waals surface area contributed by atoms with E-state index in [9.17, 15) is 9.90 Å². The second-order valence-electron chi connectivity index (χ2n) is 8.75. The van der Waals surface area contributed by atoms with E-state index in [1.165, 1.54) is 5.57 Å². The van der Waals surface area contributed by atoms with E-state index < -0.39 is 11.2 Å². The van der Waals surface area contributed by atoms with E-state index in [4.69, 9.17) is 9.47 Å². The molecule has 2 fully saturated rings. The SMILES string of the molecule is C=C1C(=O)O[C@@H]2[C@@H]3O[C@@](C)(C[C@@H]13)[C@](C)(O)CCC/C(C)=C\CC[C@@H]2C. The van der Waals surface area contributed by atoms with Crippen molar-refractivity contribution in [1.82, 2.24) is 0 Å². The lowest BCUT2D eigenvalue weighted by Gasteiger charge is -2.41. The molecule has 0 spiro atoms. The first-order chi connectivity index (χ1) is 11.6. The zero-order valence-electron chi connectivity index (χ0n) is 16.0. The van der Waals surface area contributed by atoms with Crippen molar-refractivity contribution < 1.29 is 19.4 Å². The number of carbonyl (C=O) groups excluding carboxylic acids is 1. The van der Waals surface area contributed by atoms with E-state index >= 15 is 0 Å². The Morgan fingerprint density at radius 1 is 1.32 bits per heavy atom. The largest absolute Gasteiger partial charge is 0.456 e. The molecule has 4 heteroatoms. The van der Waals surface area contributed by atoms with Gasteiger partial charge in [-0.2, -0.15) is 0 Å². The average molecular weight is 348 g/mol. The molecule has 0 amide bonds. The molecule has 3 heterocycles. The van der Waals surface area contributed by atoms with Crippen LogP contribution in [-0.4, -0.2) is 34.5 Å². The number of fused-ring (bicyclic) bond motifs is 1. The van der Waals surface area contributed by atoms with E-state index in [1.54, 1.807) is 0 Å². The first-order valence-electron chi connectivity index (χ1n) is 9.60. The summed E-state index contributed by atoms with van der Waals surface area (Å²) >= 11 is 0. The van der Waals surface area contributed by atoms with Crippen molar-refractivity contribution in [3.63, 3.8) is 0 Å². The zero-order valence-corrected chi connectivity index (χ0v) is 16.0. The van der Waals surface area contributed by atoms with E-state index in [1.807, 2.05) is 13.8 Å². The molecule has 0 aliphatic carbocycles.